The van der Waals surface area contributed by atoms with Crippen LogP contribution in [0.2, 0.25) is 0 Å². The van der Waals surface area contributed by atoms with Crippen molar-refractivity contribution in [3.05, 3.63) is 34.3 Å². The Kier molecular flexibility index (Phi) is 4.10. The highest BCUT2D eigenvalue weighted by atomic mass is 79.9. The molecule has 0 radical (unpaired) electrons. The number of benzene rings is 1. The molecule has 1 rings (SSSR count). The second-order valence-electron chi connectivity index (χ2n) is 3.17. The zero-order chi connectivity index (χ0) is 10.6. The van der Waals surface area contributed by atoms with Gasteiger partial charge in [0.15, 0.2) is 0 Å². The number of amides is 1. The summed E-state index contributed by atoms with van der Waals surface area (Å²) in [6, 6.07) is 7.38. The fraction of sp³-hybridized carbons (Fsp3) is 0.300. The van der Waals surface area contributed by atoms with E-state index in [1.807, 2.05) is 24.3 Å². The molecule has 1 amide bonds. The van der Waals surface area contributed by atoms with Gasteiger partial charge in [-0.25, -0.2) is 0 Å². The van der Waals surface area contributed by atoms with Gasteiger partial charge in [0.25, 0.3) is 0 Å². The van der Waals surface area contributed by atoms with Crippen molar-refractivity contribution in [1.29, 1.82) is 0 Å². The molecule has 0 aromatic heterocycles. The fourth-order valence-electron chi connectivity index (χ4n) is 1.12. The van der Waals surface area contributed by atoms with Gasteiger partial charge in [0.05, 0.1) is 6.04 Å². The molecule has 0 fully saturated rings. The Morgan fingerprint density at radius 2 is 1.93 bits per heavy atom. The summed E-state index contributed by atoms with van der Waals surface area (Å²) >= 11 is 3.35. The molecular weight excluding hydrogens is 244 g/mol. The maximum atomic E-state index is 10.7. The smallest absolute Gasteiger partial charge is 0.234 e. The van der Waals surface area contributed by atoms with E-state index in [0.717, 1.165) is 16.5 Å². The number of nitrogens with two attached hydrogens (primary N) is 2. The topological polar surface area (TPSA) is 69.1 Å². The molecule has 0 aliphatic rings. The van der Waals surface area contributed by atoms with Gasteiger partial charge in [0.2, 0.25) is 5.91 Å². The lowest BCUT2D eigenvalue weighted by Crippen LogP contribution is -2.36. The van der Waals surface area contributed by atoms with Gasteiger partial charge in [0, 0.05) is 4.47 Å². The number of halogens is 1. The molecule has 1 aromatic rings. The molecule has 0 bridgehead atoms. The van der Waals surface area contributed by atoms with E-state index in [2.05, 4.69) is 15.9 Å². The third-order valence-corrected chi connectivity index (χ3v) is 2.55. The summed E-state index contributed by atoms with van der Waals surface area (Å²) in [5, 5.41) is 0. The van der Waals surface area contributed by atoms with Crippen molar-refractivity contribution in [2.75, 3.05) is 0 Å². The lowest BCUT2D eigenvalue weighted by molar-refractivity contribution is -0.119. The van der Waals surface area contributed by atoms with Crippen LogP contribution in [0.25, 0.3) is 0 Å². The summed E-state index contributed by atoms with van der Waals surface area (Å²) in [6.07, 6.45) is 1.37. The van der Waals surface area contributed by atoms with E-state index < -0.39 is 11.9 Å². The second-order valence-corrected chi connectivity index (χ2v) is 4.09. The monoisotopic (exact) mass is 256 g/mol. The SMILES string of the molecule is NC(=O)C(N)CCc1ccc(Br)cc1. The molecule has 4 N–H and O–H groups in total. The van der Waals surface area contributed by atoms with E-state index in [-0.39, 0.29) is 0 Å². The number of carbonyl (C=O) groups excluding carboxylic acids is 1. The highest BCUT2D eigenvalue weighted by molar-refractivity contribution is 9.10. The van der Waals surface area contributed by atoms with Crippen LogP contribution in [0.3, 0.4) is 0 Å². The molecule has 76 valence electrons. The maximum Gasteiger partial charge on any atom is 0.234 e. The zero-order valence-corrected chi connectivity index (χ0v) is 9.33. The number of hydrogen-bond acceptors (Lipinski definition) is 2. The van der Waals surface area contributed by atoms with Gasteiger partial charge >= 0.3 is 0 Å². The van der Waals surface area contributed by atoms with E-state index in [1.165, 1.54) is 0 Å². The lowest BCUT2D eigenvalue weighted by atomic mass is 10.1. The normalized spacial score (nSPS) is 12.4. The molecule has 4 heteroatoms. The minimum Gasteiger partial charge on any atom is -0.368 e. The zero-order valence-electron chi connectivity index (χ0n) is 7.74. The van der Waals surface area contributed by atoms with E-state index in [9.17, 15) is 4.79 Å². The summed E-state index contributed by atoms with van der Waals surface area (Å²) in [5.74, 6) is -0.442. The Morgan fingerprint density at radius 1 is 1.36 bits per heavy atom. The van der Waals surface area contributed by atoms with Gasteiger partial charge in [-0.05, 0) is 30.5 Å². The average molecular weight is 257 g/mol. The second kappa shape index (κ2) is 5.12. The van der Waals surface area contributed by atoms with Crippen molar-refractivity contribution < 1.29 is 4.79 Å². The van der Waals surface area contributed by atoms with Crippen molar-refractivity contribution in [2.24, 2.45) is 11.5 Å². The van der Waals surface area contributed by atoms with E-state index in [1.54, 1.807) is 0 Å². The molecule has 14 heavy (non-hydrogen) atoms. The van der Waals surface area contributed by atoms with Crippen molar-refractivity contribution in [3.63, 3.8) is 0 Å². The van der Waals surface area contributed by atoms with Crippen LogP contribution in [0.5, 0.6) is 0 Å². The maximum absolute atomic E-state index is 10.7. The third-order valence-electron chi connectivity index (χ3n) is 2.02. The first kappa shape index (κ1) is 11.2. The molecular formula is C10H13BrN2O. The number of aryl methyl sites for hydroxylation is 1. The van der Waals surface area contributed by atoms with Gasteiger partial charge in [-0.15, -0.1) is 0 Å². The standard InChI is InChI=1S/C10H13BrN2O/c11-8-4-1-7(2-5-8)3-6-9(12)10(13)14/h1-2,4-5,9H,3,6,12H2,(H2,13,14). The van der Waals surface area contributed by atoms with Crippen LogP contribution >= 0.6 is 15.9 Å². The first-order valence-corrected chi connectivity index (χ1v) is 5.18. The largest absolute Gasteiger partial charge is 0.368 e. The molecule has 0 spiro atoms. The Morgan fingerprint density at radius 3 is 2.43 bits per heavy atom. The molecule has 0 heterocycles. The third kappa shape index (κ3) is 3.47. The van der Waals surface area contributed by atoms with Crippen LogP contribution in [0.4, 0.5) is 0 Å². The molecule has 0 aliphatic carbocycles. The van der Waals surface area contributed by atoms with Crippen LogP contribution in [0.1, 0.15) is 12.0 Å². The molecule has 0 aliphatic heterocycles. The Bertz CT molecular complexity index is 310. The van der Waals surface area contributed by atoms with Crippen LogP contribution in [-0.4, -0.2) is 11.9 Å². The highest BCUT2D eigenvalue weighted by Gasteiger charge is 2.08. The first-order chi connectivity index (χ1) is 6.59. The summed E-state index contributed by atoms with van der Waals surface area (Å²) in [7, 11) is 0. The van der Waals surface area contributed by atoms with Crippen molar-refractivity contribution in [2.45, 2.75) is 18.9 Å². The fourth-order valence-corrected chi connectivity index (χ4v) is 1.38. The molecule has 1 unspecified atom stereocenters. The minimum atomic E-state index is -0.543. The Labute approximate surface area is 91.6 Å². The number of carbonyl (C=O) groups is 1. The van der Waals surface area contributed by atoms with Crippen LogP contribution in [0, 0.1) is 0 Å². The summed E-state index contributed by atoms with van der Waals surface area (Å²) in [4.78, 5) is 10.7. The summed E-state index contributed by atoms with van der Waals surface area (Å²) in [5.41, 5.74) is 11.7. The van der Waals surface area contributed by atoms with E-state index in [4.69, 9.17) is 11.5 Å². The molecule has 3 nitrogen and oxygen atoms in total. The van der Waals surface area contributed by atoms with Gasteiger partial charge in [0.1, 0.15) is 0 Å². The molecule has 1 aromatic carbocycles. The summed E-state index contributed by atoms with van der Waals surface area (Å²) in [6.45, 7) is 0. The Balaban J connectivity index is 2.46. The molecule has 1 atom stereocenters. The average Bonchev–Trinajstić information content (AvgIpc) is 2.16. The van der Waals surface area contributed by atoms with E-state index >= 15 is 0 Å². The predicted octanol–water partition coefficient (Wildman–Crippen LogP) is 1.19. The van der Waals surface area contributed by atoms with E-state index in [0.29, 0.717) is 6.42 Å². The summed E-state index contributed by atoms with van der Waals surface area (Å²) < 4.78 is 1.04. The first-order valence-electron chi connectivity index (χ1n) is 4.39. The van der Waals surface area contributed by atoms with Crippen molar-refractivity contribution in [3.8, 4) is 0 Å². The number of rotatable bonds is 4. The number of hydrogen-bond donors (Lipinski definition) is 2. The van der Waals surface area contributed by atoms with Crippen molar-refractivity contribution >= 4 is 21.8 Å². The van der Waals surface area contributed by atoms with Gasteiger partial charge in [-0.3, -0.25) is 4.79 Å². The quantitative estimate of drug-likeness (QED) is 0.850. The van der Waals surface area contributed by atoms with Crippen LogP contribution < -0.4 is 11.5 Å². The molecule has 0 saturated heterocycles. The van der Waals surface area contributed by atoms with Crippen molar-refractivity contribution in [1.82, 2.24) is 0 Å². The number of primary amides is 1. The Hall–Kier alpha value is -0.870. The van der Waals surface area contributed by atoms with Gasteiger partial charge in [-0.2, -0.15) is 0 Å². The van der Waals surface area contributed by atoms with Gasteiger partial charge < -0.3 is 11.5 Å². The predicted molar refractivity (Wildman–Crippen MR) is 59.6 cm³/mol. The van der Waals surface area contributed by atoms with Crippen LogP contribution in [0.15, 0.2) is 28.7 Å². The van der Waals surface area contributed by atoms with Crippen LogP contribution in [-0.2, 0) is 11.2 Å². The lowest BCUT2D eigenvalue weighted by Gasteiger charge is -2.06. The van der Waals surface area contributed by atoms with Gasteiger partial charge in [-0.1, -0.05) is 28.1 Å². The minimum absolute atomic E-state index is 0.442. The molecule has 0 saturated carbocycles. The highest BCUT2D eigenvalue weighted by Crippen LogP contribution is 2.12.